The fraction of sp³-hybridized carbons (Fsp3) is 0.407. The van der Waals surface area contributed by atoms with Gasteiger partial charge in [-0.05, 0) is 106 Å². The van der Waals surface area contributed by atoms with Crippen molar-refractivity contribution < 1.29 is 28.8 Å². The summed E-state index contributed by atoms with van der Waals surface area (Å²) < 4.78 is 1.45. The number of amides is 1. The Hall–Kier alpha value is -7.43. The van der Waals surface area contributed by atoms with Crippen molar-refractivity contribution in [3.8, 4) is 6.07 Å². The van der Waals surface area contributed by atoms with E-state index in [-0.39, 0.29) is 52.9 Å². The third-order valence-electron chi connectivity index (χ3n) is 14.3. The number of benzene rings is 3. The van der Waals surface area contributed by atoms with Gasteiger partial charge in [-0.1, -0.05) is 39.0 Å². The van der Waals surface area contributed by atoms with E-state index in [1.54, 1.807) is 24.1 Å². The van der Waals surface area contributed by atoms with Crippen molar-refractivity contribution in [2.45, 2.75) is 110 Å². The molecule has 68 heavy (non-hydrogen) atoms. The Morgan fingerprint density at radius 1 is 0.868 bits per heavy atom. The Labute approximate surface area is 394 Å². The maximum atomic E-state index is 12.9. The maximum Gasteiger partial charge on any atom is 0.220 e. The predicted octanol–water partition coefficient (Wildman–Crippen LogP) is 4.90. The number of aromatic amines is 1. The first-order chi connectivity index (χ1) is 32.9. The van der Waals surface area contributed by atoms with Crippen molar-refractivity contribution in [3.63, 3.8) is 0 Å². The third kappa shape index (κ3) is 8.56. The number of allylic oxidation sites excluding steroid dienone is 2. The molecule has 1 aliphatic carbocycles. The van der Waals surface area contributed by atoms with Crippen molar-refractivity contribution in [2.24, 2.45) is 0 Å². The molecule has 4 heterocycles. The molecule has 14 heteroatoms. The highest BCUT2D eigenvalue weighted by Gasteiger charge is 2.40. The minimum atomic E-state index is -0.732. The molecule has 0 saturated carbocycles. The molecule has 0 radical (unpaired) electrons. The molecule has 5 aromatic rings. The van der Waals surface area contributed by atoms with Gasteiger partial charge in [0.25, 0.3) is 0 Å². The molecule has 1 amide bonds. The number of unbranched alkanes of at least 4 members (excludes halogenated alkanes) is 2. The average molecular weight is 913 g/mol. The molecule has 2 saturated heterocycles. The van der Waals surface area contributed by atoms with Gasteiger partial charge in [0.05, 0.1) is 23.2 Å². The van der Waals surface area contributed by atoms with Crippen LogP contribution in [0.15, 0.2) is 59.9 Å². The molecule has 14 nitrogen and oxygen atoms in total. The van der Waals surface area contributed by atoms with E-state index in [9.17, 15) is 34.0 Å². The average Bonchev–Trinajstić information content (AvgIpc) is 3.90. The van der Waals surface area contributed by atoms with E-state index in [1.165, 1.54) is 15.8 Å². The number of nitrogens with one attached hydrogen (secondary N) is 4. The van der Waals surface area contributed by atoms with Gasteiger partial charge in [-0.15, -0.1) is 0 Å². The van der Waals surface area contributed by atoms with E-state index in [1.807, 2.05) is 36.0 Å². The first-order valence-electron chi connectivity index (χ1n) is 23.6. The number of rotatable bonds is 14. The van der Waals surface area contributed by atoms with E-state index >= 15 is 0 Å². The Balaban J connectivity index is 0.820. The molecule has 2 fully saturated rings. The number of carbonyl (C=O) groups is 1. The summed E-state index contributed by atoms with van der Waals surface area (Å²) in [4.78, 5) is 82.0. The van der Waals surface area contributed by atoms with E-state index in [0.717, 1.165) is 85.0 Å². The van der Waals surface area contributed by atoms with Crippen molar-refractivity contribution >= 4 is 74.2 Å². The van der Waals surface area contributed by atoms with Crippen LogP contribution in [0.1, 0.15) is 119 Å². The van der Waals surface area contributed by atoms with Crippen LogP contribution >= 0.6 is 0 Å². The summed E-state index contributed by atoms with van der Waals surface area (Å²) in [6, 6.07) is 17.4. The molecule has 2 aliphatic heterocycles. The molecule has 3 aliphatic rings. The van der Waals surface area contributed by atoms with Crippen LogP contribution in [0.2, 0.25) is 0 Å². The van der Waals surface area contributed by atoms with Gasteiger partial charge < -0.3 is 30.4 Å². The summed E-state index contributed by atoms with van der Waals surface area (Å²) in [7, 11) is 0. The number of aromatic nitrogens is 2. The first-order valence-corrected chi connectivity index (χ1v) is 23.6. The molecule has 8 rings (SSSR count). The van der Waals surface area contributed by atoms with Gasteiger partial charge in [-0.3, -0.25) is 9.69 Å². The predicted molar refractivity (Wildman–Crippen MR) is 262 cm³/mol. The van der Waals surface area contributed by atoms with Gasteiger partial charge in [-0.2, -0.15) is 5.26 Å². The quantitative estimate of drug-likeness (QED) is 0.0877. The lowest BCUT2D eigenvalue weighted by Gasteiger charge is -2.46. The van der Waals surface area contributed by atoms with Crippen molar-refractivity contribution in [3.05, 3.63) is 104 Å². The monoisotopic (exact) mass is 912 g/mol. The number of piperidine rings is 1. The molecule has 3 atom stereocenters. The zero-order chi connectivity index (χ0) is 48.3. The smallest absolute Gasteiger partial charge is 0.220 e. The fourth-order valence-corrected chi connectivity index (χ4v) is 10.9. The van der Waals surface area contributed by atoms with E-state index in [2.05, 4.69) is 89.5 Å². The first kappa shape index (κ1) is 47.1. The SMILES string of the molecule is CCc1cc2c(cc1N1CC(C)N(CCCC(=O)NCCCCCNc3cccc4c(=C=O)n(C5CCC(=C=O)NC5=C=O)c(=C=O)c34)C(C)C1)C(C)(C)c1[nH]c3cc(C#N)ccc3c1C2=C=O. The topological polar surface area (TPSA) is 189 Å². The molecular formula is C54H56N8O6. The second-order valence-electron chi connectivity index (χ2n) is 18.8. The number of fused-ring (bicyclic) bond motifs is 5. The maximum absolute atomic E-state index is 12.9. The number of piperazine rings is 1. The van der Waals surface area contributed by atoms with Gasteiger partial charge in [0, 0.05) is 101 Å². The minimum absolute atomic E-state index is 0.0287. The standard InChI is InChI=1S/C54H56N8O6/c1-6-36-23-40-41(29-64)51-38-17-15-35(25-55)22-44(38)59-53(51)54(4,5)42(40)24-47(36)60-26-33(2)61(34(3)27-60)21-11-14-50(68)57-20-9-7-8-19-56-43-13-10-12-39-48(31-66)62(49(32-67)52(39)43)46-18-16-37(28-63)58-45(46)30-65/h10,12-13,15,17,22-24,33-34,46,56,58-59H,6-9,11,14,16,18-21,26-27H2,1-5H3,(H,57,68). The van der Waals surface area contributed by atoms with Crippen LogP contribution in [-0.2, 0) is 40.6 Å². The van der Waals surface area contributed by atoms with Gasteiger partial charge in [0.1, 0.15) is 39.9 Å². The number of nitrogens with zero attached hydrogens (tertiary/aromatic N) is 4. The highest BCUT2D eigenvalue weighted by Crippen LogP contribution is 2.50. The molecule has 4 N–H and O–H groups in total. The number of H-pyrrole nitrogens is 1. The zero-order valence-corrected chi connectivity index (χ0v) is 39.3. The van der Waals surface area contributed by atoms with Crippen LogP contribution in [-0.4, -0.2) is 94.9 Å². The van der Waals surface area contributed by atoms with Crippen LogP contribution < -0.4 is 31.5 Å². The molecule has 348 valence electrons. The third-order valence-corrected chi connectivity index (χ3v) is 14.3. The molecule has 3 aromatic carbocycles. The number of nitriles is 1. The zero-order valence-electron chi connectivity index (χ0n) is 39.3. The second-order valence-corrected chi connectivity index (χ2v) is 18.8. The summed E-state index contributed by atoms with van der Waals surface area (Å²) in [5.41, 5.74) is 8.57. The van der Waals surface area contributed by atoms with Crippen molar-refractivity contribution in [1.82, 2.24) is 25.1 Å². The molecule has 2 aromatic heterocycles. The highest BCUT2D eigenvalue weighted by atomic mass is 16.1. The van der Waals surface area contributed by atoms with Crippen LogP contribution in [0.4, 0.5) is 11.4 Å². The number of hydrogen-bond acceptors (Lipinski definition) is 11. The Kier molecular flexibility index (Phi) is 13.7. The van der Waals surface area contributed by atoms with E-state index in [4.69, 9.17) is 0 Å². The van der Waals surface area contributed by atoms with Gasteiger partial charge in [0.15, 0.2) is 11.9 Å². The summed E-state index contributed by atoms with van der Waals surface area (Å²) in [6.45, 7) is 14.7. The van der Waals surface area contributed by atoms with Crippen LogP contribution in [0.3, 0.4) is 0 Å². The second kappa shape index (κ2) is 19.8. The lowest BCUT2D eigenvalue weighted by atomic mass is 9.69. The molecule has 0 spiro atoms. The Bertz CT molecular complexity index is 3200. The van der Waals surface area contributed by atoms with E-state index < -0.39 is 11.5 Å². The van der Waals surface area contributed by atoms with Crippen LogP contribution in [0, 0.1) is 11.3 Å². The highest BCUT2D eigenvalue weighted by molar-refractivity contribution is 6.10. The lowest BCUT2D eigenvalue weighted by Crippen LogP contribution is -2.57. The number of anilines is 2. The summed E-state index contributed by atoms with van der Waals surface area (Å²) >= 11 is 0. The van der Waals surface area contributed by atoms with Gasteiger partial charge in [-0.25, -0.2) is 24.0 Å². The van der Waals surface area contributed by atoms with Gasteiger partial charge in [0.2, 0.25) is 5.91 Å². The number of aryl methyl sites for hydroxylation is 1. The molecule has 3 unspecified atom stereocenters. The fourth-order valence-electron chi connectivity index (χ4n) is 10.9. The number of hydrogen-bond donors (Lipinski definition) is 4. The van der Waals surface area contributed by atoms with Crippen LogP contribution in [0.25, 0.3) is 27.2 Å². The Morgan fingerprint density at radius 3 is 2.32 bits per heavy atom. The summed E-state index contributed by atoms with van der Waals surface area (Å²) in [6.07, 6.45) is 5.00. The molecular weight excluding hydrogens is 857 g/mol. The van der Waals surface area contributed by atoms with E-state index in [0.29, 0.717) is 47.1 Å². The summed E-state index contributed by atoms with van der Waals surface area (Å²) in [5, 5.41) is 20.9. The van der Waals surface area contributed by atoms with Crippen molar-refractivity contribution in [2.75, 3.05) is 42.9 Å². The summed E-state index contributed by atoms with van der Waals surface area (Å²) in [5.74, 6) is 9.85. The largest absolute Gasteiger partial charge is 0.384 e. The lowest BCUT2D eigenvalue weighted by molar-refractivity contribution is -0.121. The Morgan fingerprint density at radius 2 is 1.63 bits per heavy atom. The molecule has 0 bridgehead atoms. The number of carbonyl (C=O) groups excluding carboxylic acids is 6. The van der Waals surface area contributed by atoms with Crippen LogP contribution in [0.5, 0.6) is 0 Å². The van der Waals surface area contributed by atoms with Crippen molar-refractivity contribution in [1.29, 1.82) is 5.26 Å². The van der Waals surface area contributed by atoms with Gasteiger partial charge >= 0.3 is 0 Å². The normalized spacial score (nSPS) is 18.6. The minimum Gasteiger partial charge on any atom is -0.384 e.